The number of nitrogens with one attached hydrogen (secondary N) is 1. The predicted octanol–water partition coefficient (Wildman–Crippen LogP) is 2.66. The molecule has 2 atom stereocenters. The van der Waals surface area contributed by atoms with Crippen molar-refractivity contribution >= 4 is 37.6 Å². The Kier molecular flexibility index (Phi) is 5.54. The molecular formula is C13H18BrClN2O3S. The second kappa shape index (κ2) is 6.83. The Morgan fingerprint density at radius 3 is 2.67 bits per heavy atom. The number of rotatable bonds is 4. The topological polar surface area (TPSA) is 81.4 Å². The third kappa shape index (κ3) is 3.90. The minimum atomic E-state index is -3.75. The van der Waals surface area contributed by atoms with Crippen molar-refractivity contribution in [1.29, 1.82) is 0 Å². The molecule has 0 spiro atoms. The predicted molar refractivity (Wildman–Crippen MR) is 86.3 cm³/mol. The highest BCUT2D eigenvalue weighted by Gasteiger charge is 2.29. The Morgan fingerprint density at radius 2 is 2.05 bits per heavy atom. The van der Waals surface area contributed by atoms with Crippen LogP contribution in [0, 0.1) is 0 Å². The lowest BCUT2D eigenvalue weighted by Gasteiger charge is -2.29. The molecule has 3 N–H and O–H groups in total. The van der Waals surface area contributed by atoms with E-state index in [1.165, 1.54) is 13.2 Å². The minimum absolute atomic E-state index is 0.0159. The van der Waals surface area contributed by atoms with E-state index in [0.29, 0.717) is 9.50 Å². The smallest absolute Gasteiger partial charge is 0.244 e. The average Bonchev–Trinajstić information content (AvgIpc) is 2.40. The SMILES string of the molecule is COc1c(Br)cc(Cl)cc1S(=O)(=O)NC1CCCCC1N. The third-order valence-electron chi connectivity index (χ3n) is 3.59. The zero-order valence-electron chi connectivity index (χ0n) is 11.6. The third-order valence-corrected chi connectivity index (χ3v) is 5.90. The number of hydrogen-bond donors (Lipinski definition) is 2. The van der Waals surface area contributed by atoms with Crippen LogP contribution in [0.3, 0.4) is 0 Å². The zero-order valence-corrected chi connectivity index (χ0v) is 14.8. The fourth-order valence-corrected chi connectivity index (χ4v) is 5.21. The first kappa shape index (κ1) is 17.0. The number of halogens is 2. The monoisotopic (exact) mass is 396 g/mol. The quantitative estimate of drug-likeness (QED) is 0.818. The molecule has 0 aliphatic heterocycles. The van der Waals surface area contributed by atoms with Gasteiger partial charge in [-0.2, -0.15) is 0 Å². The molecule has 0 heterocycles. The van der Waals surface area contributed by atoms with Gasteiger partial charge in [0.25, 0.3) is 0 Å². The molecule has 8 heteroatoms. The number of nitrogens with two attached hydrogens (primary N) is 1. The van der Waals surface area contributed by atoms with Crippen LogP contribution in [0.5, 0.6) is 5.75 Å². The van der Waals surface area contributed by atoms with Gasteiger partial charge in [0.05, 0.1) is 11.6 Å². The van der Waals surface area contributed by atoms with E-state index in [4.69, 9.17) is 22.1 Å². The summed E-state index contributed by atoms with van der Waals surface area (Å²) >= 11 is 9.22. The lowest BCUT2D eigenvalue weighted by atomic mass is 9.92. The minimum Gasteiger partial charge on any atom is -0.494 e. The van der Waals surface area contributed by atoms with Crippen molar-refractivity contribution in [2.45, 2.75) is 42.7 Å². The molecular weight excluding hydrogens is 380 g/mol. The van der Waals surface area contributed by atoms with Gasteiger partial charge >= 0.3 is 0 Å². The van der Waals surface area contributed by atoms with Gasteiger partial charge in [0.1, 0.15) is 4.90 Å². The molecule has 0 bridgehead atoms. The van der Waals surface area contributed by atoms with Gasteiger partial charge in [-0.1, -0.05) is 24.4 Å². The van der Waals surface area contributed by atoms with E-state index in [1.54, 1.807) is 6.07 Å². The largest absolute Gasteiger partial charge is 0.494 e. The summed E-state index contributed by atoms with van der Waals surface area (Å²) in [7, 11) is -2.33. The number of methoxy groups -OCH3 is 1. The highest BCUT2D eigenvalue weighted by molar-refractivity contribution is 9.10. The molecule has 1 fully saturated rings. The molecule has 0 radical (unpaired) electrons. The average molecular weight is 398 g/mol. The molecule has 1 saturated carbocycles. The summed E-state index contributed by atoms with van der Waals surface area (Å²) in [4.78, 5) is 0.0159. The van der Waals surface area contributed by atoms with Crippen LogP contribution in [0.15, 0.2) is 21.5 Å². The molecule has 1 aromatic carbocycles. The summed E-state index contributed by atoms with van der Waals surface area (Å²) in [5, 5.41) is 0.316. The second-order valence-electron chi connectivity index (χ2n) is 5.10. The molecule has 1 aromatic rings. The van der Waals surface area contributed by atoms with E-state index < -0.39 is 10.0 Å². The van der Waals surface area contributed by atoms with Crippen molar-refractivity contribution in [3.05, 3.63) is 21.6 Å². The van der Waals surface area contributed by atoms with Crippen LogP contribution >= 0.6 is 27.5 Å². The van der Waals surface area contributed by atoms with Gasteiger partial charge in [-0.25, -0.2) is 13.1 Å². The van der Waals surface area contributed by atoms with Crippen LogP contribution in [0.4, 0.5) is 0 Å². The molecule has 2 rings (SSSR count). The Labute approximate surface area is 138 Å². The first-order valence-corrected chi connectivity index (χ1v) is 9.31. The highest BCUT2D eigenvalue weighted by atomic mass is 79.9. The summed E-state index contributed by atoms with van der Waals surface area (Å²) in [5.41, 5.74) is 6.00. The van der Waals surface area contributed by atoms with E-state index in [1.807, 2.05) is 0 Å². The summed E-state index contributed by atoms with van der Waals surface area (Å²) in [6.07, 6.45) is 3.57. The number of hydrogen-bond acceptors (Lipinski definition) is 4. The molecule has 118 valence electrons. The van der Waals surface area contributed by atoms with E-state index in [0.717, 1.165) is 25.7 Å². The highest BCUT2D eigenvalue weighted by Crippen LogP contribution is 2.35. The van der Waals surface area contributed by atoms with Crippen molar-refractivity contribution in [3.63, 3.8) is 0 Å². The van der Waals surface area contributed by atoms with Gasteiger partial charge in [-0.15, -0.1) is 0 Å². The zero-order chi connectivity index (χ0) is 15.6. The van der Waals surface area contributed by atoms with Gasteiger partial charge in [0.2, 0.25) is 10.0 Å². The van der Waals surface area contributed by atoms with Gasteiger partial charge in [-0.3, -0.25) is 0 Å². The van der Waals surface area contributed by atoms with Crippen LogP contribution in [0.1, 0.15) is 25.7 Å². The Hall–Kier alpha value is -0.340. The van der Waals surface area contributed by atoms with E-state index >= 15 is 0 Å². The van der Waals surface area contributed by atoms with Crippen LogP contribution in [-0.4, -0.2) is 27.6 Å². The number of sulfonamides is 1. The normalized spacial score (nSPS) is 23.0. The molecule has 2 unspecified atom stereocenters. The Bertz CT molecular complexity index is 624. The van der Waals surface area contributed by atoms with E-state index in [2.05, 4.69) is 20.7 Å². The van der Waals surface area contributed by atoms with Crippen molar-refractivity contribution in [1.82, 2.24) is 4.72 Å². The van der Waals surface area contributed by atoms with Gasteiger partial charge in [-0.05, 0) is 40.9 Å². The van der Waals surface area contributed by atoms with Gasteiger partial charge in [0, 0.05) is 17.1 Å². The lowest BCUT2D eigenvalue weighted by molar-refractivity contribution is 0.359. The summed E-state index contributed by atoms with van der Waals surface area (Å²) in [5.74, 6) is 0.233. The Balaban J connectivity index is 2.35. The van der Waals surface area contributed by atoms with Crippen LogP contribution in [0.25, 0.3) is 0 Å². The maximum Gasteiger partial charge on any atom is 0.244 e. The molecule has 1 aliphatic rings. The fraction of sp³-hybridized carbons (Fsp3) is 0.538. The molecule has 21 heavy (non-hydrogen) atoms. The molecule has 0 saturated heterocycles. The van der Waals surface area contributed by atoms with Crippen LogP contribution < -0.4 is 15.2 Å². The van der Waals surface area contributed by atoms with Crippen LogP contribution in [0.2, 0.25) is 5.02 Å². The first-order valence-electron chi connectivity index (χ1n) is 6.66. The summed E-state index contributed by atoms with van der Waals surface area (Å²) in [6.45, 7) is 0. The molecule has 1 aliphatic carbocycles. The van der Waals surface area contributed by atoms with Crippen molar-refractivity contribution < 1.29 is 13.2 Å². The first-order chi connectivity index (χ1) is 9.85. The fourth-order valence-electron chi connectivity index (χ4n) is 2.50. The number of ether oxygens (including phenoxy) is 1. The lowest BCUT2D eigenvalue weighted by Crippen LogP contribution is -2.49. The maximum atomic E-state index is 12.6. The number of benzene rings is 1. The molecule has 0 aromatic heterocycles. The van der Waals surface area contributed by atoms with Crippen molar-refractivity contribution in [3.8, 4) is 5.75 Å². The van der Waals surface area contributed by atoms with E-state index in [9.17, 15) is 8.42 Å². The summed E-state index contributed by atoms with van der Waals surface area (Å²) < 4.78 is 33.6. The van der Waals surface area contributed by atoms with Crippen LogP contribution in [-0.2, 0) is 10.0 Å². The van der Waals surface area contributed by atoms with E-state index in [-0.39, 0.29) is 22.7 Å². The Morgan fingerprint density at radius 1 is 1.38 bits per heavy atom. The van der Waals surface area contributed by atoms with Gasteiger partial charge in [0.15, 0.2) is 5.75 Å². The van der Waals surface area contributed by atoms with Crippen molar-refractivity contribution in [2.24, 2.45) is 5.73 Å². The maximum absolute atomic E-state index is 12.6. The molecule has 5 nitrogen and oxygen atoms in total. The molecule has 0 amide bonds. The van der Waals surface area contributed by atoms with Gasteiger partial charge < -0.3 is 10.5 Å². The summed E-state index contributed by atoms with van der Waals surface area (Å²) in [6, 6.07) is 2.54. The van der Waals surface area contributed by atoms with Crippen molar-refractivity contribution in [2.75, 3.05) is 7.11 Å². The second-order valence-corrected chi connectivity index (χ2v) is 8.07. The standard InChI is InChI=1S/C13H18BrClN2O3S/c1-20-13-9(14)6-8(15)7-12(13)21(18,19)17-11-5-3-2-4-10(11)16/h6-7,10-11,17H,2-5,16H2,1H3.